The van der Waals surface area contributed by atoms with Crippen LogP contribution in [0, 0.1) is 19.8 Å². The molecular weight excluding hydrogens is 274 g/mol. The van der Waals surface area contributed by atoms with Crippen LogP contribution in [0.2, 0.25) is 0 Å². The van der Waals surface area contributed by atoms with E-state index in [1.54, 1.807) is 0 Å². The van der Waals surface area contributed by atoms with Gasteiger partial charge < -0.3 is 9.47 Å². The molecule has 0 saturated carbocycles. The number of hydrogen-bond donors (Lipinski definition) is 0. The zero-order valence-electron chi connectivity index (χ0n) is 13.5. The second-order valence-corrected chi connectivity index (χ2v) is 6.40. The lowest BCUT2D eigenvalue weighted by Crippen LogP contribution is -2.35. The van der Waals surface area contributed by atoms with Gasteiger partial charge in [0.25, 0.3) is 5.91 Å². The topological polar surface area (TPSA) is 38.1 Å². The average Bonchev–Trinajstić information content (AvgIpc) is 2.94. The predicted octanol–water partition coefficient (Wildman–Crippen LogP) is 2.83. The molecule has 0 saturated heterocycles. The van der Waals surface area contributed by atoms with E-state index in [0.717, 1.165) is 37.1 Å². The van der Waals surface area contributed by atoms with E-state index in [9.17, 15) is 4.79 Å². The summed E-state index contributed by atoms with van der Waals surface area (Å²) in [6.07, 6.45) is 6.00. The maximum atomic E-state index is 12.7. The van der Waals surface area contributed by atoms with Gasteiger partial charge in [-0.1, -0.05) is 17.7 Å². The van der Waals surface area contributed by atoms with Crippen LogP contribution in [0.3, 0.4) is 0 Å². The van der Waals surface area contributed by atoms with Gasteiger partial charge >= 0.3 is 0 Å². The van der Waals surface area contributed by atoms with E-state index < -0.39 is 0 Å². The second-order valence-electron chi connectivity index (χ2n) is 6.40. The lowest BCUT2D eigenvalue weighted by molar-refractivity contribution is 0.0760. The number of hydrogen-bond acceptors (Lipinski definition) is 2. The first kappa shape index (κ1) is 14.8. The third kappa shape index (κ3) is 2.91. The first-order valence-electron chi connectivity index (χ1n) is 7.87. The fraction of sp³-hybridized carbons (Fsp3) is 0.444. The smallest absolute Gasteiger partial charge is 0.253 e. The van der Waals surface area contributed by atoms with Crippen LogP contribution in [0.5, 0.6) is 0 Å². The summed E-state index contributed by atoms with van der Waals surface area (Å²) in [5, 5.41) is 0. The highest BCUT2D eigenvalue weighted by molar-refractivity contribution is 5.95. The van der Waals surface area contributed by atoms with Crippen LogP contribution >= 0.6 is 0 Å². The van der Waals surface area contributed by atoms with Crippen molar-refractivity contribution in [3.05, 3.63) is 53.1 Å². The number of fused-ring (bicyclic) bond motifs is 1. The molecule has 0 radical (unpaired) electrons. The van der Waals surface area contributed by atoms with Crippen molar-refractivity contribution in [1.82, 2.24) is 14.5 Å². The molecule has 2 heterocycles. The molecule has 1 aliphatic rings. The Kier molecular flexibility index (Phi) is 4.01. The van der Waals surface area contributed by atoms with Crippen molar-refractivity contribution in [1.29, 1.82) is 0 Å². The number of carbonyl (C=O) groups excluding carboxylic acids is 1. The van der Waals surface area contributed by atoms with Crippen LogP contribution in [0.25, 0.3) is 0 Å². The van der Waals surface area contributed by atoms with Crippen LogP contribution in [0.15, 0.2) is 30.6 Å². The number of aromatic nitrogens is 2. The van der Waals surface area contributed by atoms with Crippen LogP contribution in [-0.4, -0.2) is 34.0 Å². The van der Waals surface area contributed by atoms with Crippen LogP contribution in [-0.2, 0) is 13.0 Å². The molecule has 0 fully saturated rings. The fourth-order valence-corrected chi connectivity index (χ4v) is 3.32. The number of nitrogens with zero attached hydrogens (tertiary/aromatic N) is 3. The molecule has 0 aliphatic carbocycles. The normalized spacial score (nSPS) is 17.1. The van der Waals surface area contributed by atoms with Crippen molar-refractivity contribution in [2.24, 2.45) is 5.92 Å². The molecule has 2 aromatic rings. The first-order chi connectivity index (χ1) is 10.5. The molecular formula is C18H23N3O. The van der Waals surface area contributed by atoms with E-state index in [1.807, 2.05) is 43.4 Å². The highest BCUT2D eigenvalue weighted by Crippen LogP contribution is 2.20. The Hall–Kier alpha value is -2.10. The molecule has 4 nitrogen and oxygen atoms in total. The summed E-state index contributed by atoms with van der Waals surface area (Å²) in [4.78, 5) is 18.9. The number of rotatable bonds is 3. The average molecular weight is 297 g/mol. The molecule has 1 aliphatic heterocycles. The Morgan fingerprint density at radius 1 is 1.41 bits per heavy atom. The Balaban J connectivity index is 1.67. The molecule has 0 N–H and O–H groups in total. The quantitative estimate of drug-likeness (QED) is 0.873. The van der Waals surface area contributed by atoms with Crippen molar-refractivity contribution in [2.75, 3.05) is 13.6 Å². The van der Waals surface area contributed by atoms with Crippen LogP contribution in [0.1, 0.15) is 33.7 Å². The van der Waals surface area contributed by atoms with Gasteiger partial charge in [-0.05, 0) is 37.8 Å². The minimum atomic E-state index is 0.119. The first-order valence-corrected chi connectivity index (χ1v) is 7.87. The highest BCUT2D eigenvalue weighted by atomic mass is 16.2. The molecule has 0 bridgehead atoms. The van der Waals surface area contributed by atoms with Crippen molar-refractivity contribution in [3.8, 4) is 0 Å². The monoisotopic (exact) mass is 297 g/mol. The molecule has 1 aromatic heterocycles. The van der Waals surface area contributed by atoms with Crippen LogP contribution in [0.4, 0.5) is 0 Å². The third-order valence-electron chi connectivity index (χ3n) is 4.52. The molecule has 1 atom stereocenters. The van der Waals surface area contributed by atoms with E-state index in [2.05, 4.69) is 22.5 Å². The molecule has 0 spiro atoms. The van der Waals surface area contributed by atoms with Crippen molar-refractivity contribution in [3.63, 3.8) is 0 Å². The lowest BCUT2D eigenvalue weighted by atomic mass is 9.98. The summed E-state index contributed by atoms with van der Waals surface area (Å²) in [6.45, 7) is 5.81. The van der Waals surface area contributed by atoms with E-state index >= 15 is 0 Å². The van der Waals surface area contributed by atoms with Gasteiger partial charge in [-0.25, -0.2) is 4.98 Å². The number of carbonyl (C=O) groups is 1. The van der Waals surface area contributed by atoms with Gasteiger partial charge in [0.1, 0.15) is 5.82 Å². The minimum absolute atomic E-state index is 0.119. The maximum absolute atomic E-state index is 12.7. The molecule has 4 heteroatoms. The lowest BCUT2D eigenvalue weighted by Gasteiger charge is -2.28. The van der Waals surface area contributed by atoms with Gasteiger partial charge in [-0.3, -0.25) is 4.79 Å². The van der Waals surface area contributed by atoms with Gasteiger partial charge in [0.15, 0.2) is 0 Å². The van der Waals surface area contributed by atoms with E-state index in [0.29, 0.717) is 5.92 Å². The molecule has 3 rings (SSSR count). The van der Waals surface area contributed by atoms with Crippen molar-refractivity contribution < 1.29 is 4.79 Å². The third-order valence-corrected chi connectivity index (χ3v) is 4.52. The number of benzene rings is 1. The summed E-state index contributed by atoms with van der Waals surface area (Å²) in [5.74, 6) is 1.79. The van der Waals surface area contributed by atoms with Crippen LogP contribution < -0.4 is 0 Å². The van der Waals surface area contributed by atoms with Gasteiger partial charge in [0.05, 0.1) is 0 Å². The highest BCUT2D eigenvalue weighted by Gasteiger charge is 2.22. The van der Waals surface area contributed by atoms with Gasteiger partial charge in [0.2, 0.25) is 0 Å². The predicted molar refractivity (Wildman–Crippen MR) is 86.9 cm³/mol. The SMILES string of the molecule is Cc1ccc(C(=O)N(C)C[C@@H]2CCc3nccn3C2)c(C)c1. The Labute approximate surface area is 131 Å². The molecule has 22 heavy (non-hydrogen) atoms. The summed E-state index contributed by atoms with van der Waals surface area (Å²) < 4.78 is 2.21. The summed E-state index contributed by atoms with van der Waals surface area (Å²) >= 11 is 0. The Morgan fingerprint density at radius 2 is 2.23 bits per heavy atom. The summed E-state index contributed by atoms with van der Waals surface area (Å²) in [6, 6.07) is 6.02. The van der Waals surface area contributed by atoms with E-state index in [4.69, 9.17) is 0 Å². The summed E-state index contributed by atoms with van der Waals surface area (Å²) in [5.41, 5.74) is 3.06. The van der Waals surface area contributed by atoms with Crippen molar-refractivity contribution >= 4 is 5.91 Å². The zero-order valence-corrected chi connectivity index (χ0v) is 13.5. The molecule has 1 aromatic carbocycles. The number of imidazole rings is 1. The minimum Gasteiger partial charge on any atom is -0.341 e. The van der Waals surface area contributed by atoms with Gasteiger partial charge in [-0.15, -0.1) is 0 Å². The molecule has 1 amide bonds. The van der Waals surface area contributed by atoms with Gasteiger partial charge in [-0.2, -0.15) is 0 Å². The standard InChI is InChI=1S/C18H23N3O/c1-13-4-6-16(14(2)10-13)18(22)20(3)11-15-5-7-17-19-8-9-21(17)12-15/h4,6,8-10,15H,5,7,11-12H2,1-3H3/t15-/m0/s1. The largest absolute Gasteiger partial charge is 0.341 e. The molecule has 0 unspecified atom stereocenters. The second kappa shape index (κ2) is 5.95. The fourth-order valence-electron chi connectivity index (χ4n) is 3.32. The number of amides is 1. The zero-order chi connectivity index (χ0) is 15.7. The van der Waals surface area contributed by atoms with E-state index in [1.165, 1.54) is 11.4 Å². The Morgan fingerprint density at radius 3 is 3.00 bits per heavy atom. The van der Waals surface area contributed by atoms with E-state index in [-0.39, 0.29) is 5.91 Å². The summed E-state index contributed by atoms with van der Waals surface area (Å²) in [7, 11) is 1.91. The Bertz CT molecular complexity index is 689. The molecule has 116 valence electrons. The maximum Gasteiger partial charge on any atom is 0.253 e. The van der Waals surface area contributed by atoms with Gasteiger partial charge in [0, 0.05) is 44.5 Å². The number of aryl methyl sites for hydroxylation is 3. The van der Waals surface area contributed by atoms with Crippen molar-refractivity contribution in [2.45, 2.75) is 33.2 Å².